The third-order valence-corrected chi connectivity index (χ3v) is 3.70. The number of nitrogens with one attached hydrogen (secondary N) is 1. The van der Waals surface area contributed by atoms with Gasteiger partial charge in [0.15, 0.2) is 0 Å². The lowest BCUT2D eigenvalue weighted by atomic mass is 10.2. The molecule has 0 saturated heterocycles. The Kier molecular flexibility index (Phi) is 3.36. The predicted molar refractivity (Wildman–Crippen MR) is 79.4 cm³/mol. The maximum absolute atomic E-state index is 12.5. The van der Waals surface area contributed by atoms with E-state index in [9.17, 15) is 4.79 Å². The summed E-state index contributed by atoms with van der Waals surface area (Å²) in [5.74, 6) is 0.197. The summed E-state index contributed by atoms with van der Waals surface area (Å²) in [6.07, 6.45) is 1.38. The number of hydrogen-bond acceptors (Lipinski definition) is 5. The molecule has 8 heteroatoms. The van der Waals surface area contributed by atoms with Crippen LogP contribution in [0.4, 0.5) is 0 Å². The van der Waals surface area contributed by atoms with E-state index in [4.69, 9.17) is 0 Å². The van der Waals surface area contributed by atoms with E-state index >= 15 is 0 Å². The molecule has 0 aliphatic rings. The van der Waals surface area contributed by atoms with Gasteiger partial charge in [0.25, 0.3) is 11.7 Å². The fourth-order valence-electron chi connectivity index (χ4n) is 2.42. The summed E-state index contributed by atoms with van der Waals surface area (Å²) < 4.78 is 3.24. The van der Waals surface area contributed by atoms with Gasteiger partial charge in [0, 0.05) is 30.5 Å². The molecule has 8 nitrogen and oxygen atoms in total. The van der Waals surface area contributed by atoms with E-state index in [-0.39, 0.29) is 5.91 Å². The number of rotatable bonds is 3. The van der Waals surface area contributed by atoms with Crippen LogP contribution in [0.5, 0.6) is 0 Å². The van der Waals surface area contributed by atoms with Crippen molar-refractivity contribution in [3.63, 3.8) is 0 Å². The van der Waals surface area contributed by atoms with Crippen LogP contribution in [0.3, 0.4) is 0 Å². The summed E-state index contributed by atoms with van der Waals surface area (Å²) >= 11 is 0. The minimum absolute atomic E-state index is 0.219. The molecular formula is C14H17N7O. The smallest absolute Gasteiger partial charge is 0.270 e. The van der Waals surface area contributed by atoms with Gasteiger partial charge in [-0.1, -0.05) is 0 Å². The summed E-state index contributed by atoms with van der Waals surface area (Å²) in [5.41, 5.74) is 4.11. The quantitative estimate of drug-likeness (QED) is 0.769. The second kappa shape index (κ2) is 5.21. The largest absolute Gasteiger partial charge is 0.346 e. The van der Waals surface area contributed by atoms with Gasteiger partial charge in [0.1, 0.15) is 12.0 Å². The van der Waals surface area contributed by atoms with E-state index in [1.165, 1.54) is 10.8 Å². The monoisotopic (exact) mass is 299 g/mol. The predicted octanol–water partition coefficient (Wildman–Crippen LogP) is 0.713. The highest BCUT2D eigenvalue weighted by Gasteiger charge is 2.15. The topological polar surface area (TPSA) is 90.0 Å². The molecule has 0 unspecified atom stereocenters. The summed E-state index contributed by atoms with van der Waals surface area (Å²) in [6, 6.07) is 1.69. The molecule has 22 heavy (non-hydrogen) atoms. The van der Waals surface area contributed by atoms with Crippen molar-refractivity contribution in [1.82, 2.24) is 34.7 Å². The van der Waals surface area contributed by atoms with Crippen molar-refractivity contribution in [3.8, 4) is 0 Å². The van der Waals surface area contributed by atoms with E-state index in [1.807, 2.05) is 32.5 Å². The number of hydrogen-bond donors (Lipinski definition) is 1. The van der Waals surface area contributed by atoms with Crippen LogP contribution in [0.15, 0.2) is 12.4 Å². The highest BCUT2D eigenvalue weighted by molar-refractivity contribution is 5.93. The van der Waals surface area contributed by atoms with Crippen LogP contribution >= 0.6 is 0 Å². The van der Waals surface area contributed by atoms with E-state index in [1.54, 1.807) is 6.07 Å². The molecule has 3 heterocycles. The second-order valence-electron chi connectivity index (χ2n) is 5.21. The van der Waals surface area contributed by atoms with Crippen LogP contribution in [-0.2, 0) is 13.6 Å². The molecule has 3 aromatic rings. The van der Waals surface area contributed by atoms with Gasteiger partial charge in [-0.25, -0.2) is 4.98 Å². The van der Waals surface area contributed by atoms with E-state index in [0.717, 1.165) is 22.6 Å². The zero-order chi connectivity index (χ0) is 15.9. The molecule has 3 rings (SSSR count). The molecule has 0 radical (unpaired) electrons. The highest BCUT2D eigenvalue weighted by atomic mass is 16.2. The highest BCUT2D eigenvalue weighted by Crippen LogP contribution is 2.12. The van der Waals surface area contributed by atoms with Crippen LogP contribution < -0.4 is 5.32 Å². The van der Waals surface area contributed by atoms with Gasteiger partial charge in [-0.3, -0.25) is 9.48 Å². The van der Waals surface area contributed by atoms with Crippen molar-refractivity contribution >= 4 is 11.7 Å². The van der Waals surface area contributed by atoms with Crippen molar-refractivity contribution in [1.29, 1.82) is 0 Å². The Morgan fingerprint density at radius 1 is 1.32 bits per heavy atom. The zero-order valence-electron chi connectivity index (χ0n) is 13.0. The van der Waals surface area contributed by atoms with Crippen LogP contribution in [-0.4, -0.2) is 35.3 Å². The standard InChI is InChI=1S/C14H17N7O/c1-8-5-12(21-14(18-8)16-7-17-21)13(22)15-6-11-9(2)19-20(4)10(11)3/h5,7H,6H2,1-4H3,(H,15,22). The third-order valence-electron chi connectivity index (χ3n) is 3.70. The van der Waals surface area contributed by atoms with Gasteiger partial charge in [0.2, 0.25) is 0 Å². The summed E-state index contributed by atoms with van der Waals surface area (Å²) in [5, 5.41) is 11.3. The first-order valence-corrected chi connectivity index (χ1v) is 6.92. The minimum Gasteiger partial charge on any atom is -0.346 e. The van der Waals surface area contributed by atoms with Crippen molar-refractivity contribution in [2.75, 3.05) is 0 Å². The number of amides is 1. The Morgan fingerprint density at radius 2 is 2.09 bits per heavy atom. The lowest BCUT2D eigenvalue weighted by Gasteiger charge is -2.07. The first kappa shape index (κ1) is 14.2. The lowest BCUT2D eigenvalue weighted by Crippen LogP contribution is -2.26. The average Bonchev–Trinajstić information content (AvgIpc) is 3.02. The van der Waals surface area contributed by atoms with Gasteiger partial charge in [-0.15, -0.1) is 0 Å². The molecule has 0 atom stereocenters. The summed E-state index contributed by atoms with van der Waals surface area (Å²) in [7, 11) is 1.89. The Bertz CT molecular complexity index is 862. The van der Waals surface area contributed by atoms with Gasteiger partial charge in [0.05, 0.1) is 5.69 Å². The molecule has 0 fully saturated rings. The summed E-state index contributed by atoms with van der Waals surface area (Å²) in [4.78, 5) is 20.7. The van der Waals surface area contributed by atoms with Crippen LogP contribution in [0.25, 0.3) is 5.78 Å². The second-order valence-corrected chi connectivity index (χ2v) is 5.21. The van der Waals surface area contributed by atoms with Crippen LogP contribution in [0, 0.1) is 20.8 Å². The Balaban J connectivity index is 1.86. The number of nitrogens with zero attached hydrogens (tertiary/aromatic N) is 6. The van der Waals surface area contributed by atoms with Crippen LogP contribution in [0.2, 0.25) is 0 Å². The molecule has 1 N–H and O–H groups in total. The summed E-state index contributed by atoms with van der Waals surface area (Å²) in [6.45, 7) is 6.15. The normalized spacial score (nSPS) is 11.1. The number of carbonyl (C=O) groups is 1. The maximum Gasteiger partial charge on any atom is 0.270 e. The van der Waals surface area contributed by atoms with E-state index in [2.05, 4.69) is 25.5 Å². The molecule has 0 saturated carbocycles. The fraction of sp³-hybridized carbons (Fsp3) is 0.357. The van der Waals surface area contributed by atoms with Crippen LogP contribution in [0.1, 0.15) is 33.1 Å². The van der Waals surface area contributed by atoms with Crippen molar-refractivity contribution in [2.45, 2.75) is 27.3 Å². The average molecular weight is 299 g/mol. The van der Waals surface area contributed by atoms with Gasteiger partial charge in [-0.2, -0.15) is 19.7 Å². The Labute approximate surface area is 127 Å². The lowest BCUT2D eigenvalue weighted by molar-refractivity contribution is 0.0943. The number of fused-ring (bicyclic) bond motifs is 1. The third kappa shape index (κ3) is 2.32. The maximum atomic E-state index is 12.5. The minimum atomic E-state index is -0.219. The van der Waals surface area contributed by atoms with Gasteiger partial charge in [-0.05, 0) is 26.8 Å². The Morgan fingerprint density at radius 3 is 2.77 bits per heavy atom. The molecule has 0 aliphatic heterocycles. The Hall–Kier alpha value is -2.77. The molecule has 0 aliphatic carbocycles. The number of aromatic nitrogens is 6. The van der Waals surface area contributed by atoms with Crippen molar-refractivity contribution < 1.29 is 4.79 Å². The first-order valence-electron chi connectivity index (χ1n) is 6.92. The zero-order valence-corrected chi connectivity index (χ0v) is 13.0. The SMILES string of the molecule is Cc1cc(C(=O)NCc2c(C)nn(C)c2C)n2ncnc2n1. The molecule has 0 bridgehead atoms. The molecule has 0 aromatic carbocycles. The van der Waals surface area contributed by atoms with Crippen molar-refractivity contribution in [3.05, 3.63) is 40.7 Å². The number of aryl methyl sites for hydroxylation is 3. The van der Waals surface area contributed by atoms with Gasteiger partial charge >= 0.3 is 0 Å². The molecular weight excluding hydrogens is 282 g/mol. The first-order chi connectivity index (χ1) is 10.5. The fourth-order valence-corrected chi connectivity index (χ4v) is 2.42. The molecule has 0 spiro atoms. The van der Waals surface area contributed by atoms with Crippen molar-refractivity contribution in [2.24, 2.45) is 7.05 Å². The molecule has 3 aromatic heterocycles. The molecule has 1 amide bonds. The van der Waals surface area contributed by atoms with Gasteiger partial charge < -0.3 is 5.32 Å². The molecule has 114 valence electrons. The van der Waals surface area contributed by atoms with E-state index in [0.29, 0.717) is 18.0 Å². The number of carbonyl (C=O) groups excluding carboxylic acids is 1. The van der Waals surface area contributed by atoms with E-state index < -0.39 is 0 Å².